The van der Waals surface area contributed by atoms with Crippen LogP contribution in [0.4, 0.5) is 0 Å². The first kappa shape index (κ1) is 12.0. The second-order valence-electron chi connectivity index (χ2n) is 5.65. The molecule has 1 aliphatic rings. The predicted molar refractivity (Wildman–Crippen MR) is 60.3 cm³/mol. The standard InChI is InChI=1S/C12H25NO/c1-10-6-5-7-11(8-10)13(4)9-12(2,3)14/h10-11,14H,5-9H2,1-4H3. The van der Waals surface area contributed by atoms with Gasteiger partial charge in [0.15, 0.2) is 0 Å². The molecule has 1 saturated carbocycles. The Balaban J connectivity index is 2.39. The molecule has 2 atom stereocenters. The van der Waals surface area contributed by atoms with E-state index in [0.29, 0.717) is 6.04 Å². The van der Waals surface area contributed by atoms with E-state index in [4.69, 9.17) is 0 Å². The highest BCUT2D eigenvalue weighted by atomic mass is 16.3. The van der Waals surface area contributed by atoms with E-state index in [1.807, 2.05) is 13.8 Å². The summed E-state index contributed by atoms with van der Waals surface area (Å²) in [7, 11) is 2.14. The van der Waals surface area contributed by atoms with Crippen LogP contribution < -0.4 is 0 Å². The molecule has 0 saturated heterocycles. The van der Waals surface area contributed by atoms with E-state index in [-0.39, 0.29) is 0 Å². The minimum atomic E-state index is -0.560. The Morgan fingerprint density at radius 2 is 2.00 bits per heavy atom. The van der Waals surface area contributed by atoms with E-state index < -0.39 is 5.60 Å². The van der Waals surface area contributed by atoms with Gasteiger partial charge in [0.05, 0.1) is 5.60 Å². The fraction of sp³-hybridized carbons (Fsp3) is 1.00. The molecule has 0 aromatic rings. The molecule has 0 spiro atoms. The lowest BCUT2D eigenvalue weighted by molar-refractivity contribution is 0.0217. The van der Waals surface area contributed by atoms with Crippen LogP contribution in [0.25, 0.3) is 0 Å². The Labute approximate surface area is 88.3 Å². The van der Waals surface area contributed by atoms with Crippen LogP contribution in [-0.2, 0) is 0 Å². The van der Waals surface area contributed by atoms with Gasteiger partial charge in [-0.15, -0.1) is 0 Å². The van der Waals surface area contributed by atoms with E-state index in [1.54, 1.807) is 0 Å². The molecule has 84 valence electrons. The van der Waals surface area contributed by atoms with Gasteiger partial charge in [-0.05, 0) is 39.7 Å². The van der Waals surface area contributed by atoms with Crippen LogP contribution >= 0.6 is 0 Å². The summed E-state index contributed by atoms with van der Waals surface area (Å²) in [5, 5.41) is 9.74. The van der Waals surface area contributed by atoms with E-state index in [1.165, 1.54) is 25.7 Å². The van der Waals surface area contributed by atoms with E-state index >= 15 is 0 Å². The molecule has 0 aromatic carbocycles. The Hall–Kier alpha value is -0.0800. The molecule has 0 aromatic heterocycles. The van der Waals surface area contributed by atoms with E-state index in [0.717, 1.165) is 12.5 Å². The topological polar surface area (TPSA) is 23.5 Å². The molecule has 1 fully saturated rings. The quantitative estimate of drug-likeness (QED) is 0.753. The van der Waals surface area contributed by atoms with Crippen LogP contribution in [0.1, 0.15) is 46.5 Å². The third-order valence-electron chi connectivity index (χ3n) is 3.17. The first-order chi connectivity index (χ1) is 6.38. The fourth-order valence-electron chi connectivity index (χ4n) is 2.54. The van der Waals surface area contributed by atoms with Gasteiger partial charge in [0.2, 0.25) is 0 Å². The Bertz CT molecular complexity index is 174. The number of likely N-dealkylation sites (N-methyl/N-ethyl adjacent to an activating group) is 1. The van der Waals surface area contributed by atoms with Crippen molar-refractivity contribution in [3.8, 4) is 0 Å². The Morgan fingerprint density at radius 3 is 2.50 bits per heavy atom. The summed E-state index contributed by atoms with van der Waals surface area (Å²) in [4.78, 5) is 2.33. The third kappa shape index (κ3) is 3.97. The molecule has 2 heteroatoms. The minimum absolute atomic E-state index is 0.560. The highest BCUT2D eigenvalue weighted by Crippen LogP contribution is 2.27. The second kappa shape index (κ2) is 4.63. The molecule has 1 N–H and O–H groups in total. The molecule has 0 bridgehead atoms. The van der Waals surface area contributed by atoms with E-state index in [9.17, 15) is 5.11 Å². The van der Waals surface area contributed by atoms with Crippen molar-refractivity contribution < 1.29 is 5.11 Å². The molecule has 0 amide bonds. The Kier molecular flexibility index (Phi) is 3.96. The van der Waals surface area contributed by atoms with Crippen LogP contribution in [0, 0.1) is 5.92 Å². The van der Waals surface area contributed by atoms with Crippen LogP contribution in [-0.4, -0.2) is 35.2 Å². The first-order valence-corrected chi connectivity index (χ1v) is 5.81. The van der Waals surface area contributed by atoms with Crippen LogP contribution in [0.15, 0.2) is 0 Å². The summed E-state index contributed by atoms with van der Waals surface area (Å²) in [6.07, 6.45) is 5.33. The van der Waals surface area contributed by atoms with Gasteiger partial charge in [-0.3, -0.25) is 0 Å². The molecule has 1 aliphatic carbocycles. The SMILES string of the molecule is CC1CCCC(N(C)CC(C)(C)O)C1. The van der Waals surface area contributed by atoms with Gasteiger partial charge in [0, 0.05) is 12.6 Å². The highest BCUT2D eigenvalue weighted by molar-refractivity contribution is 4.80. The lowest BCUT2D eigenvalue weighted by Gasteiger charge is -2.36. The molecular formula is C12H25NO. The van der Waals surface area contributed by atoms with Gasteiger partial charge in [-0.25, -0.2) is 0 Å². The van der Waals surface area contributed by atoms with Gasteiger partial charge in [0.25, 0.3) is 0 Å². The number of nitrogens with zero attached hydrogens (tertiary/aromatic N) is 1. The van der Waals surface area contributed by atoms with Crippen molar-refractivity contribution in [2.24, 2.45) is 5.92 Å². The molecule has 14 heavy (non-hydrogen) atoms. The van der Waals surface area contributed by atoms with Crippen molar-refractivity contribution in [3.05, 3.63) is 0 Å². The normalized spacial score (nSPS) is 29.6. The van der Waals surface area contributed by atoms with Gasteiger partial charge in [-0.1, -0.05) is 19.8 Å². The largest absolute Gasteiger partial charge is 0.389 e. The zero-order valence-corrected chi connectivity index (χ0v) is 10.1. The van der Waals surface area contributed by atoms with Crippen LogP contribution in [0.5, 0.6) is 0 Å². The smallest absolute Gasteiger partial charge is 0.0718 e. The summed E-state index contributed by atoms with van der Waals surface area (Å²) in [5.41, 5.74) is -0.560. The lowest BCUT2D eigenvalue weighted by Crippen LogP contribution is -2.43. The zero-order valence-electron chi connectivity index (χ0n) is 10.1. The van der Waals surface area contributed by atoms with Crippen LogP contribution in [0.2, 0.25) is 0 Å². The summed E-state index contributed by atoms with van der Waals surface area (Å²) in [6.45, 7) is 6.89. The monoisotopic (exact) mass is 199 g/mol. The second-order valence-corrected chi connectivity index (χ2v) is 5.65. The minimum Gasteiger partial charge on any atom is -0.389 e. The first-order valence-electron chi connectivity index (χ1n) is 5.81. The highest BCUT2D eigenvalue weighted by Gasteiger charge is 2.25. The maximum Gasteiger partial charge on any atom is 0.0718 e. The van der Waals surface area contributed by atoms with Crippen molar-refractivity contribution in [1.82, 2.24) is 4.90 Å². The average Bonchev–Trinajstić information content (AvgIpc) is 2.01. The molecular weight excluding hydrogens is 174 g/mol. The average molecular weight is 199 g/mol. The lowest BCUT2D eigenvalue weighted by atomic mass is 9.86. The maximum absolute atomic E-state index is 9.74. The number of hydrogen-bond acceptors (Lipinski definition) is 2. The van der Waals surface area contributed by atoms with Crippen molar-refractivity contribution in [1.29, 1.82) is 0 Å². The van der Waals surface area contributed by atoms with Crippen LogP contribution in [0.3, 0.4) is 0 Å². The summed E-state index contributed by atoms with van der Waals surface area (Å²) in [5.74, 6) is 0.859. The molecule has 2 nitrogen and oxygen atoms in total. The molecule has 2 unspecified atom stereocenters. The maximum atomic E-state index is 9.74. The molecule has 1 rings (SSSR count). The molecule has 0 aliphatic heterocycles. The third-order valence-corrected chi connectivity index (χ3v) is 3.17. The van der Waals surface area contributed by atoms with Crippen molar-refractivity contribution in [3.63, 3.8) is 0 Å². The fourth-order valence-corrected chi connectivity index (χ4v) is 2.54. The van der Waals surface area contributed by atoms with Crippen molar-refractivity contribution in [2.75, 3.05) is 13.6 Å². The predicted octanol–water partition coefficient (Wildman–Crippen LogP) is 2.27. The summed E-state index contributed by atoms with van der Waals surface area (Å²) in [6, 6.07) is 0.685. The summed E-state index contributed by atoms with van der Waals surface area (Å²) >= 11 is 0. The Morgan fingerprint density at radius 1 is 1.36 bits per heavy atom. The zero-order chi connectivity index (χ0) is 10.8. The number of rotatable bonds is 3. The summed E-state index contributed by atoms with van der Waals surface area (Å²) < 4.78 is 0. The van der Waals surface area contributed by atoms with Gasteiger partial charge < -0.3 is 10.0 Å². The van der Waals surface area contributed by atoms with Gasteiger partial charge in [-0.2, -0.15) is 0 Å². The van der Waals surface area contributed by atoms with Crippen molar-refractivity contribution in [2.45, 2.75) is 58.1 Å². The number of aliphatic hydroxyl groups is 1. The number of hydrogen-bond donors (Lipinski definition) is 1. The van der Waals surface area contributed by atoms with Gasteiger partial charge >= 0.3 is 0 Å². The van der Waals surface area contributed by atoms with Gasteiger partial charge in [0.1, 0.15) is 0 Å². The molecule has 0 heterocycles. The molecule has 0 radical (unpaired) electrons. The van der Waals surface area contributed by atoms with Crippen molar-refractivity contribution >= 4 is 0 Å². The van der Waals surface area contributed by atoms with E-state index in [2.05, 4.69) is 18.9 Å².